The van der Waals surface area contributed by atoms with Crippen LogP contribution < -0.4 is 25.4 Å². The molecule has 3 N–H and O–H groups in total. The fourth-order valence-corrected chi connectivity index (χ4v) is 2.37. The Kier molecular flexibility index (Phi) is 9.98. The van der Waals surface area contributed by atoms with Gasteiger partial charge in [-0.15, -0.1) is 0 Å². The highest BCUT2D eigenvalue weighted by molar-refractivity contribution is 5.79. The molecule has 0 aromatic heterocycles. The molecule has 0 aliphatic heterocycles. The van der Waals surface area contributed by atoms with Gasteiger partial charge in [0.2, 0.25) is 0 Å². The third kappa shape index (κ3) is 9.34. The number of rotatable bonds is 9. The van der Waals surface area contributed by atoms with Crippen LogP contribution in [0.5, 0.6) is 11.5 Å². The van der Waals surface area contributed by atoms with Crippen molar-refractivity contribution in [2.45, 2.75) is 39.7 Å². The lowest BCUT2D eigenvalue weighted by Gasteiger charge is -2.20. The van der Waals surface area contributed by atoms with Crippen molar-refractivity contribution in [1.29, 1.82) is 0 Å². The zero-order valence-electron chi connectivity index (χ0n) is 17.8. The number of ether oxygens (including phenoxy) is 3. The number of guanidine groups is 1. The lowest BCUT2D eigenvalue weighted by Crippen LogP contribution is -2.42. The van der Waals surface area contributed by atoms with E-state index in [0.717, 1.165) is 23.6 Å². The maximum Gasteiger partial charge on any atom is 0.407 e. The van der Waals surface area contributed by atoms with Crippen LogP contribution in [0.3, 0.4) is 0 Å². The summed E-state index contributed by atoms with van der Waals surface area (Å²) >= 11 is 0. The van der Waals surface area contributed by atoms with Crippen LogP contribution >= 0.6 is 0 Å². The summed E-state index contributed by atoms with van der Waals surface area (Å²) in [5, 5.41) is 9.08. The van der Waals surface area contributed by atoms with E-state index in [-0.39, 0.29) is 0 Å². The van der Waals surface area contributed by atoms with Crippen molar-refractivity contribution in [2.75, 3.05) is 40.4 Å². The monoisotopic (exact) mass is 394 g/mol. The molecular weight excluding hydrogens is 360 g/mol. The fraction of sp³-hybridized carbons (Fsp3) is 0.600. The Morgan fingerprint density at radius 3 is 2.39 bits per heavy atom. The Balaban J connectivity index is 2.51. The summed E-state index contributed by atoms with van der Waals surface area (Å²) in [5.74, 6) is 2.30. The second-order valence-corrected chi connectivity index (χ2v) is 7.04. The van der Waals surface area contributed by atoms with Crippen molar-refractivity contribution in [3.8, 4) is 11.5 Å². The molecule has 0 aliphatic carbocycles. The summed E-state index contributed by atoms with van der Waals surface area (Å²) in [5.41, 5.74) is 0.530. The summed E-state index contributed by atoms with van der Waals surface area (Å²) < 4.78 is 15.9. The number of aliphatic imine (C=N–C) groups is 1. The number of benzene rings is 1. The number of amides is 1. The van der Waals surface area contributed by atoms with E-state index >= 15 is 0 Å². The molecule has 0 aliphatic rings. The van der Waals surface area contributed by atoms with Crippen LogP contribution in [0.1, 0.15) is 33.3 Å². The van der Waals surface area contributed by atoms with Crippen LogP contribution in [0, 0.1) is 0 Å². The first-order valence-corrected chi connectivity index (χ1v) is 9.49. The minimum Gasteiger partial charge on any atom is -0.497 e. The SMILES string of the molecule is CCNC(=NCCc1cc(OC)ccc1OC)NCCNC(=O)OC(C)(C)C. The zero-order valence-corrected chi connectivity index (χ0v) is 17.8. The first-order valence-electron chi connectivity index (χ1n) is 9.49. The number of nitrogens with zero attached hydrogens (tertiary/aromatic N) is 1. The van der Waals surface area contributed by atoms with Gasteiger partial charge in [0.05, 0.1) is 14.2 Å². The molecule has 0 saturated carbocycles. The Morgan fingerprint density at radius 1 is 1.07 bits per heavy atom. The van der Waals surface area contributed by atoms with Crippen molar-refractivity contribution in [3.63, 3.8) is 0 Å². The van der Waals surface area contributed by atoms with Crippen LogP contribution in [-0.2, 0) is 11.2 Å². The van der Waals surface area contributed by atoms with Gasteiger partial charge >= 0.3 is 6.09 Å². The quantitative estimate of drug-likeness (QED) is 0.338. The molecule has 0 atom stereocenters. The molecule has 0 fully saturated rings. The van der Waals surface area contributed by atoms with Crippen LogP contribution in [-0.4, -0.2) is 58.1 Å². The van der Waals surface area contributed by atoms with Gasteiger partial charge < -0.3 is 30.2 Å². The van der Waals surface area contributed by atoms with Crippen molar-refractivity contribution in [3.05, 3.63) is 23.8 Å². The molecule has 0 heterocycles. The molecule has 158 valence electrons. The lowest BCUT2D eigenvalue weighted by molar-refractivity contribution is 0.0529. The van der Waals surface area contributed by atoms with Gasteiger partial charge in [0.15, 0.2) is 5.96 Å². The minimum atomic E-state index is -0.505. The molecule has 28 heavy (non-hydrogen) atoms. The average Bonchev–Trinajstić information content (AvgIpc) is 2.63. The van der Waals surface area contributed by atoms with E-state index in [1.54, 1.807) is 14.2 Å². The van der Waals surface area contributed by atoms with E-state index in [4.69, 9.17) is 14.2 Å². The van der Waals surface area contributed by atoms with E-state index in [2.05, 4.69) is 20.9 Å². The molecule has 0 bridgehead atoms. The van der Waals surface area contributed by atoms with Gasteiger partial charge in [0.1, 0.15) is 17.1 Å². The van der Waals surface area contributed by atoms with Crippen molar-refractivity contribution in [1.82, 2.24) is 16.0 Å². The van der Waals surface area contributed by atoms with Gasteiger partial charge in [-0.2, -0.15) is 0 Å². The lowest BCUT2D eigenvalue weighted by atomic mass is 10.1. The highest BCUT2D eigenvalue weighted by atomic mass is 16.6. The molecule has 1 aromatic carbocycles. The molecule has 0 spiro atoms. The average molecular weight is 395 g/mol. The standard InChI is InChI=1S/C20H34N4O4/c1-7-21-18(23-12-13-24-19(25)28-20(2,3)4)22-11-10-15-14-16(26-5)8-9-17(15)27-6/h8-9,14H,7,10-13H2,1-6H3,(H,24,25)(H2,21,22,23). The van der Waals surface area contributed by atoms with E-state index in [0.29, 0.717) is 32.0 Å². The Hall–Kier alpha value is -2.64. The van der Waals surface area contributed by atoms with Gasteiger partial charge in [-0.25, -0.2) is 4.79 Å². The predicted molar refractivity (Wildman–Crippen MR) is 111 cm³/mol. The van der Waals surface area contributed by atoms with Gasteiger partial charge in [-0.3, -0.25) is 4.99 Å². The van der Waals surface area contributed by atoms with E-state index in [1.165, 1.54) is 0 Å². The first kappa shape index (κ1) is 23.4. The first-order chi connectivity index (χ1) is 13.3. The second-order valence-electron chi connectivity index (χ2n) is 7.04. The van der Waals surface area contributed by atoms with Gasteiger partial charge in [0.25, 0.3) is 0 Å². The Bertz CT molecular complexity index is 642. The predicted octanol–water partition coefficient (Wildman–Crippen LogP) is 2.33. The molecule has 0 radical (unpaired) electrons. The van der Waals surface area contributed by atoms with E-state index < -0.39 is 11.7 Å². The summed E-state index contributed by atoms with van der Waals surface area (Å²) in [4.78, 5) is 16.2. The fourth-order valence-electron chi connectivity index (χ4n) is 2.37. The van der Waals surface area contributed by atoms with Crippen LogP contribution in [0.15, 0.2) is 23.2 Å². The summed E-state index contributed by atoms with van der Waals surface area (Å²) in [6, 6.07) is 5.72. The summed E-state index contributed by atoms with van der Waals surface area (Å²) in [7, 11) is 3.29. The highest BCUT2D eigenvalue weighted by Gasteiger charge is 2.15. The number of hydrogen-bond acceptors (Lipinski definition) is 5. The number of methoxy groups -OCH3 is 2. The third-order valence-corrected chi connectivity index (χ3v) is 3.57. The smallest absolute Gasteiger partial charge is 0.407 e. The number of carbonyl (C=O) groups is 1. The number of alkyl carbamates (subject to hydrolysis) is 1. The minimum absolute atomic E-state index is 0.429. The number of nitrogens with one attached hydrogen (secondary N) is 3. The van der Waals surface area contributed by atoms with Gasteiger partial charge in [-0.05, 0) is 57.9 Å². The normalized spacial score (nSPS) is 11.6. The van der Waals surface area contributed by atoms with Crippen molar-refractivity contribution >= 4 is 12.1 Å². The van der Waals surface area contributed by atoms with Gasteiger partial charge in [-0.1, -0.05) is 0 Å². The van der Waals surface area contributed by atoms with Crippen LogP contribution in [0.2, 0.25) is 0 Å². The number of carbonyl (C=O) groups excluding carboxylic acids is 1. The third-order valence-electron chi connectivity index (χ3n) is 3.57. The van der Waals surface area contributed by atoms with Gasteiger partial charge in [0, 0.05) is 26.2 Å². The second kappa shape index (κ2) is 11.9. The topological polar surface area (TPSA) is 93.2 Å². The zero-order chi connectivity index (χ0) is 21.0. The largest absolute Gasteiger partial charge is 0.497 e. The Labute approximate surface area is 168 Å². The molecule has 0 unspecified atom stereocenters. The van der Waals surface area contributed by atoms with Crippen molar-refractivity contribution in [2.24, 2.45) is 4.99 Å². The molecule has 1 rings (SSSR count). The molecule has 1 amide bonds. The maximum atomic E-state index is 11.6. The molecule has 1 aromatic rings. The molecule has 8 nitrogen and oxygen atoms in total. The maximum absolute atomic E-state index is 11.6. The summed E-state index contributed by atoms with van der Waals surface area (Å²) in [6.07, 6.45) is 0.286. The van der Waals surface area contributed by atoms with Crippen LogP contribution in [0.25, 0.3) is 0 Å². The molecule has 8 heteroatoms. The number of hydrogen-bond donors (Lipinski definition) is 3. The Morgan fingerprint density at radius 2 is 1.79 bits per heavy atom. The van der Waals surface area contributed by atoms with E-state index in [1.807, 2.05) is 45.9 Å². The summed E-state index contributed by atoms with van der Waals surface area (Å²) in [6.45, 7) is 9.79. The highest BCUT2D eigenvalue weighted by Crippen LogP contribution is 2.24. The molecular formula is C20H34N4O4. The van der Waals surface area contributed by atoms with Crippen LogP contribution in [0.4, 0.5) is 4.79 Å². The van der Waals surface area contributed by atoms with Crippen molar-refractivity contribution < 1.29 is 19.0 Å². The molecule has 0 saturated heterocycles. The van der Waals surface area contributed by atoms with E-state index in [9.17, 15) is 4.79 Å².